The summed E-state index contributed by atoms with van der Waals surface area (Å²) in [5, 5.41) is 0. The van der Waals surface area contributed by atoms with Crippen LogP contribution in [0, 0.1) is 5.92 Å². The number of morpholine rings is 1. The topological polar surface area (TPSA) is 32.8 Å². The van der Waals surface area contributed by atoms with Crippen molar-refractivity contribution in [1.82, 2.24) is 9.80 Å². The third-order valence-electron chi connectivity index (χ3n) is 6.71. The summed E-state index contributed by atoms with van der Waals surface area (Å²) < 4.78 is 5.45. The van der Waals surface area contributed by atoms with E-state index in [2.05, 4.69) is 34.1 Å². The predicted molar refractivity (Wildman–Crippen MR) is 103 cm³/mol. The Morgan fingerprint density at radius 1 is 1.00 bits per heavy atom. The molecular formula is C22H32N2O2. The molecule has 1 aromatic carbocycles. The smallest absolute Gasteiger partial charge is 0.233 e. The number of rotatable bonds is 4. The highest BCUT2D eigenvalue weighted by Crippen LogP contribution is 2.43. The summed E-state index contributed by atoms with van der Waals surface area (Å²) in [4.78, 5) is 18.2. The second kappa shape index (κ2) is 8.10. The third-order valence-corrected chi connectivity index (χ3v) is 6.71. The lowest BCUT2D eigenvalue weighted by molar-refractivity contribution is -0.139. The van der Waals surface area contributed by atoms with Gasteiger partial charge in [-0.15, -0.1) is 0 Å². The van der Waals surface area contributed by atoms with E-state index in [1.807, 2.05) is 6.07 Å². The van der Waals surface area contributed by atoms with Crippen LogP contribution in [0.5, 0.6) is 0 Å². The van der Waals surface area contributed by atoms with Gasteiger partial charge >= 0.3 is 0 Å². The van der Waals surface area contributed by atoms with Gasteiger partial charge in [-0.05, 0) is 37.2 Å². The Morgan fingerprint density at radius 3 is 2.31 bits per heavy atom. The summed E-state index contributed by atoms with van der Waals surface area (Å²) in [5.41, 5.74) is 0.983. The number of ether oxygens (including phenoxy) is 1. The minimum Gasteiger partial charge on any atom is -0.379 e. The van der Waals surface area contributed by atoms with Gasteiger partial charge in [-0.25, -0.2) is 0 Å². The molecule has 0 N–H and O–H groups in total. The van der Waals surface area contributed by atoms with Crippen LogP contribution in [-0.2, 0) is 14.9 Å². The number of hydrogen-bond donors (Lipinski definition) is 0. The molecule has 26 heavy (non-hydrogen) atoms. The summed E-state index contributed by atoms with van der Waals surface area (Å²) >= 11 is 0. The highest BCUT2D eigenvalue weighted by atomic mass is 16.5. The molecule has 0 atom stereocenters. The van der Waals surface area contributed by atoms with Crippen LogP contribution in [-0.4, -0.2) is 61.6 Å². The zero-order valence-corrected chi connectivity index (χ0v) is 15.9. The number of carbonyl (C=O) groups excluding carboxylic acids is 1. The van der Waals surface area contributed by atoms with Gasteiger partial charge in [0, 0.05) is 32.7 Å². The zero-order chi connectivity index (χ0) is 17.8. The quantitative estimate of drug-likeness (QED) is 0.831. The molecule has 0 radical (unpaired) electrons. The fourth-order valence-electron chi connectivity index (χ4n) is 5.13. The molecule has 4 nitrogen and oxygen atoms in total. The van der Waals surface area contributed by atoms with Crippen LogP contribution in [0.25, 0.3) is 0 Å². The van der Waals surface area contributed by atoms with Crippen LogP contribution in [0.15, 0.2) is 30.3 Å². The molecule has 4 rings (SSSR count). The molecule has 1 aliphatic carbocycles. The minimum absolute atomic E-state index is 0.252. The van der Waals surface area contributed by atoms with Gasteiger partial charge in [0.2, 0.25) is 5.91 Å². The van der Waals surface area contributed by atoms with Gasteiger partial charge < -0.3 is 9.64 Å². The molecule has 4 heteroatoms. The van der Waals surface area contributed by atoms with Gasteiger partial charge in [0.25, 0.3) is 0 Å². The maximum Gasteiger partial charge on any atom is 0.233 e. The first-order chi connectivity index (χ1) is 12.8. The van der Waals surface area contributed by atoms with Crippen molar-refractivity contribution in [3.8, 4) is 0 Å². The Labute approximate surface area is 157 Å². The predicted octanol–water partition coefficient (Wildman–Crippen LogP) is 3.07. The van der Waals surface area contributed by atoms with Crippen LogP contribution in [0.2, 0.25) is 0 Å². The van der Waals surface area contributed by atoms with Gasteiger partial charge in [0.15, 0.2) is 0 Å². The molecule has 3 aliphatic rings. The molecule has 0 aromatic heterocycles. The van der Waals surface area contributed by atoms with Gasteiger partial charge in [0.1, 0.15) is 0 Å². The zero-order valence-electron chi connectivity index (χ0n) is 15.9. The first kappa shape index (κ1) is 18.0. The minimum atomic E-state index is -0.252. The molecule has 2 aliphatic heterocycles. The molecule has 0 unspecified atom stereocenters. The highest BCUT2D eigenvalue weighted by molar-refractivity contribution is 5.88. The van der Waals surface area contributed by atoms with Crippen molar-refractivity contribution in [2.45, 2.75) is 43.9 Å². The van der Waals surface area contributed by atoms with E-state index in [1.54, 1.807) is 0 Å². The Bertz CT molecular complexity index is 583. The second-order valence-corrected chi connectivity index (χ2v) is 8.30. The number of carbonyl (C=O) groups is 1. The lowest BCUT2D eigenvalue weighted by Gasteiger charge is -2.40. The summed E-state index contributed by atoms with van der Waals surface area (Å²) in [6, 6.07) is 10.5. The van der Waals surface area contributed by atoms with Crippen molar-refractivity contribution in [1.29, 1.82) is 0 Å². The standard InChI is InChI=1S/C22H32N2O2/c25-21(22(10-4-5-11-22)20-6-2-1-3-7-20)24-12-8-19(9-13-24)18-23-14-16-26-17-15-23/h1-3,6-7,19H,4-5,8-18H2. The van der Waals surface area contributed by atoms with Crippen molar-refractivity contribution >= 4 is 5.91 Å². The van der Waals surface area contributed by atoms with Gasteiger partial charge in [-0.2, -0.15) is 0 Å². The molecule has 1 saturated carbocycles. The molecule has 1 amide bonds. The van der Waals surface area contributed by atoms with Crippen LogP contribution in [0.4, 0.5) is 0 Å². The van der Waals surface area contributed by atoms with E-state index in [0.717, 1.165) is 71.0 Å². The number of piperidine rings is 1. The molecule has 0 bridgehead atoms. The summed E-state index contributed by atoms with van der Waals surface area (Å²) in [6.45, 7) is 6.92. The Hall–Kier alpha value is -1.39. The lowest BCUT2D eigenvalue weighted by atomic mass is 9.77. The van der Waals surface area contributed by atoms with Crippen LogP contribution in [0.3, 0.4) is 0 Å². The SMILES string of the molecule is O=C(N1CCC(CN2CCOCC2)CC1)C1(c2ccccc2)CCCC1. The summed E-state index contributed by atoms with van der Waals surface area (Å²) in [6.07, 6.45) is 6.68. The fraction of sp³-hybridized carbons (Fsp3) is 0.682. The lowest BCUT2D eigenvalue weighted by Crippen LogP contribution is -2.50. The molecule has 1 aromatic rings. The van der Waals surface area contributed by atoms with E-state index in [4.69, 9.17) is 4.74 Å². The Balaban J connectivity index is 1.38. The third kappa shape index (κ3) is 3.67. The maximum atomic E-state index is 13.5. The summed E-state index contributed by atoms with van der Waals surface area (Å²) in [5.74, 6) is 1.12. The van der Waals surface area contributed by atoms with Crippen molar-refractivity contribution in [3.05, 3.63) is 35.9 Å². The van der Waals surface area contributed by atoms with Gasteiger partial charge in [0.05, 0.1) is 18.6 Å². The van der Waals surface area contributed by atoms with Gasteiger partial charge in [-0.1, -0.05) is 43.2 Å². The van der Waals surface area contributed by atoms with Crippen LogP contribution < -0.4 is 0 Å². The van der Waals surface area contributed by atoms with Crippen LogP contribution >= 0.6 is 0 Å². The fourth-order valence-corrected chi connectivity index (χ4v) is 5.13. The van der Waals surface area contributed by atoms with E-state index in [1.165, 1.54) is 24.9 Å². The number of likely N-dealkylation sites (tertiary alicyclic amines) is 1. The molecule has 142 valence electrons. The number of benzene rings is 1. The first-order valence-corrected chi connectivity index (χ1v) is 10.4. The maximum absolute atomic E-state index is 13.5. The van der Waals surface area contributed by atoms with E-state index in [-0.39, 0.29) is 5.41 Å². The van der Waals surface area contributed by atoms with Crippen molar-refractivity contribution in [2.75, 3.05) is 45.9 Å². The summed E-state index contributed by atoms with van der Waals surface area (Å²) in [7, 11) is 0. The molecule has 0 spiro atoms. The number of nitrogens with zero attached hydrogens (tertiary/aromatic N) is 2. The molecular weight excluding hydrogens is 324 g/mol. The first-order valence-electron chi connectivity index (χ1n) is 10.4. The largest absolute Gasteiger partial charge is 0.379 e. The van der Waals surface area contributed by atoms with Gasteiger partial charge in [-0.3, -0.25) is 9.69 Å². The monoisotopic (exact) mass is 356 g/mol. The van der Waals surface area contributed by atoms with E-state index < -0.39 is 0 Å². The Kier molecular flexibility index (Phi) is 5.60. The average molecular weight is 357 g/mol. The molecule has 2 saturated heterocycles. The highest BCUT2D eigenvalue weighted by Gasteiger charge is 2.45. The van der Waals surface area contributed by atoms with Crippen molar-refractivity contribution in [3.63, 3.8) is 0 Å². The van der Waals surface area contributed by atoms with E-state index in [0.29, 0.717) is 5.91 Å². The van der Waals surface area contributed by atoms with Crippen molar-refractivity contribution < 1.29 is 9.53 Å². The van der Waals surface area contributed by atoms with Crippen LogP contribution in [0.1, 0.15) is 44.1 Å². The normalized spacial score (nSPS) is 24.7. The molecule has 3 fully saturated rings. The van der Waals surface area contributed by atoms with E-state index >= 15 is 0 Å². The number of amides is 1. The van der Waals surface area contributed by atoms with E-state index in [9.17, 15) is 4.79 Å². The molecule has 2 heterocycles. The van der Waals surface area contributed by atoms with Crippen molar-refractivity contribution in [2.24, 2.45) is 5.92 Å². The number of hydrogen-bond acceptors (Lipinski definition) is 3. The second-order valence-electron chi connectivity index (χ2n) is 8.30. The Morgan fingerprint density at radius 2 is 1.65 bits per heavy atom. The average Bonchev–Trinajstić information content (AvgIpc) is 3.21.